The van der Waals surface area contributed by atoms with Gasteiger partial charge in [0.05, 0.1) is 0 Å². The molecular formula is C18H19FN2O2. The van der Waals surface area contributed by atoms with E-state index in [4.69, 9.17) is 0 Å². The summed E-state index contributed by atoms with van der Waals surface area (Å²) in [6.07, 6.45) is 0.649. The molecule has 0 spiro atoms. The Labute approximate surface area is 133 Å². The van der Waals surface area contributed by atoms with E-state index in [0.29, 0.717) is 17.5 Å². The van der Waals surface area contributed by atoms with Crippen molar-refractivity contribution in [3.05, 3.63) is 68.9 Å². The lowest BCUT2D eigenvalue weighted by atomic mass is 10.1. The number of carbonyl (C=O) groups is 1. The van der Waals surface area contributed by atoms with Crippen LogP contribution in [0.25, 0.3) is 0 Å². The molecule has 0 bridgehead atoms. The zero-order chi connectivity index (χ0) is 16.6. The number of amides is 1. The van der Waals surface area contributed by atoms with E-state index in [-0.39, 0.29) is 35.7 Å². The zero-order valence-corrected chi connectivity index (χ0v) is 13.2. The summed E-state index contributed by atoms with van der Waals surface area (Å²) in [5.74, 6) is -0.665. The normalized spacial score (nSPS) is 19.4. The smallest absolute Gasteiger partial charge is 0.253 e. The number of aromatic nitrogens is 1. The maximum atomic E-state index is 13.7. The van der Waals surface area contributed by atoms with E-state index in [2.05, 4.69) is 10.3 Å². The van der Waals surface area contributed by atoms with Crippen molar-refractivity contribution >= 4 is 5.91 Å². The largest absolute Gasteiger partial charge is 0.352 e. The van der Waals surface area contributed by atoms with Gasteiger partial charge >= 0.3 is 0 Å². The van der Waals surface area contributed by atoms with E-state index in [1.165, 1.54) is 6.07 Å². The Morgan fingerprint density at radius 3 is 2.78 bits per heavy atom. The second-order valence-electron chi connectivity index (χ2n) is 6.13. The molecule has 5 heteroatoms. The van der Waals surface area contributed by atoms with Gasteiger partial charge in [-0.25, -0.2) is 4.39 Å². The SMILES string of the molecule is Cc1cc(C)c(CNC(=O)[C@@H]2C[C@@H]2c2ccccc2F)c(=O)[nH]1. The maximum Gasteiger partial charge on any atom is 0.253 e. The molecule has 1 amide bonds. The summed E-state index contributed by atoms with van der Waals surface area (Å²) in [6.45, 7) is 3.86. The number of H-pyrrole nitrogens is 1. The summed E-state index contributed by atoms with van der Waals surface area (Å²) in [7, 11) is 0. The number of aromatic amines is 1. The average Bonchev–Trinajstić information content (AvgIpc) is 3.26. The van der Waals surface area contributed by atoms with Gasteiger partial charge in [0.25, 0.3) is 5.56 Å². The molecule has 1 fully saturated rings. The van der Waals surface area contributed by atoms with Gasteiger partial charge in [0, 0.05) is 23.7 Å². The summed E-state index contributed by atoms with van der Waals surface area (Å²) in [6, 6.07) is 8.44. The van der Waals surface area contributed by atoms with Gasteiger partial charge in [-0.1, -0.05) is 18.2 Å². The average molecular weight is 314 g/mol. The number of rotatable bonds is 4. The number of halogens is 1. The number of hydrogen-bond acceptors (Lipinski definition) is 2. The first kappa shape index (κ1) is 15.5. The van der Waals surface area contributed by atoms with Crippen molar-refractivity contribution in [2.75, 3.05) is 0 Å². The second-order valence-corrected chi connectivity index (χ2v) is 6.13. The third-order valence-electron chi connectivity index (χ3n) is 4.37. The lowest BCUT2D eigenvalue weighted by Gasteiger charge is -2.08. The van der Waals surface area contributed by atoms with Crippen LogP contribution in [-0.2, 0) is 11.3 Å². The van der Waals surface area contributed by atoms with Crippen LogP contribution in [0.5, 0.6) is 0 Å². The summed E-state index contributed by atoms with van der Waals surface area (Å²) in [5, 5.41) is 2.80. The number of aryl methyl sites for hydroxylation is 2. The third kappa shape index (κ3) is 3.18. The van der Waals surface area contributed by atoms with E-state index in [1.54, 1.807) is 18.2 Å². The zero-order valence-electron chi connectivity index (χ0n) is 13.2. The van der Waals surface area contributed by atoms with E-state index in [0.717, 1.165) is 11.3 Å². The van der Waals surface area contributed by atoms with Gasteiger partial charge < -0.3 is 10.3 Å². The van der Waals surface area contributed by atoms with Crippen molar-refractivity contribution in [1.82, 2.24) is 10.3 Å². The molecule has 1 aromatic heterocycles. The van der Waals surface area contributed by atoms with Crippen molar-refractivity contribution in [2.45, 2.75) is 32.7 Å². The molecule has 0 unspecified atom stereocenters. The predicted octanol–water partition coefficient (Wildman–Crippen LogP) is 2.55. The molecule has 2 N–H and O–H groups in total. The minimum Gasteiger partial charge on any atom is -0.352 e. The lowest BCUT2D eigenvalue weighted by molar-refractivity contribution is -0.122. The fourth-order valence-corrected chi connectivity index (χ4v) is 3.01. The molecule has 1 heterocycles. The highest BCUT2D eigenvalue weighted by Gasteiger charge is 2.44. The van der Waals surface area contributed by atoms with Crippen LogP contribution in [-0.4, -0.2) is 10.9 Å². The Morgan fingerprint density at radius 1 is 1.35 bits per heavy atom. The Kier molecular flexibility index (Phi) is 4.03. The van der Waals surface area contributed by atoms with E-state index < -0.39 is 0 Å². The van der Waals surface area contributed by atoms with Gasteiger partial charge in [-0.3, -0.25) is 9.59 Å². The highest BCUT2D eigenvalue weighted by atomic mass is 19.1. The van der Waals surface area contributed by atoms with Crippen molar-refractivity contribution in [2.24, 2.45) is 5.92 Å². The molecule has 0 radical (unpaired) electrons. The quantitative estimate of drug-likeness (QED) is 0.911. The lowest BCUT2D eigenvalue weighted by Crippen LogP contribution is -2.29. The van der Waals surface area contributed by atoms with Crippen LogP contribution in [0.15, 0.2) is 35.1 Å². The van der Waals surface area contributed by atoms with Crippen molar-refractivity contribution < 1.29 is 9.18 Å². The molecule has 1 aliphatic rings. The van der Waals surface area contributed by atoms with Crippen LogP contribution in [0.1, 0.15) is 34.7 Å². The summed E-state index contributed by atoms with van der Waals surface area (Å²) in [4.78, 5) is 26.9. The first-order valence-corrected chi connectivity index (χ1v) is 7.69. The van der Waals surface area contributed by atoms with Crippen LogP contribution in [0.3, 0.4) is 0 Å². The molecule has 1 aromatic carbocycles. The fourth-order valence-electron chi connectivity index (χ4n) is 3.01. The molecule has 2 aromatic rings. The predicted molar refractivity (Wildman–Crippen MR) is 85.6 cm³/mol. The molecule has 2 atom stereocenters. The van der Waals surface area contributed by atoms with E-state index >= 15 is 0 Å². The molecule has 23 heavy (non-hydrogen) atoms. The second kappa shape index (κ2) is 5.99. The first-order valence-electron chi connectivity index (χ1n) is 7.69. The molecule has 0 saturated heterocycles. The number of carbonyl (C=O) groups excluding carboxylic acids is 1. The Hall–Kier alpha value is -2.43. The van der Waals surface area contributed by atoms with Crippen LogP contribution in [0.2, 0.25) is 0 Å². The molecular weight excluding hydrogens is 295 g/mol. The molecule has 3 rings (SSSR count). The first-order chi connectivity index (χ1) is 11.0. The maximum absolute atomic E-state index is 13.7. The molecule has 4 nitrogen and oxygen atoms in total. The number of benzene rings is 1. The Morgan fingerprint density at radius 2 is 2.09 bits per heavy atom. The third-order valence-corrected chi connectivity index (χ3v) is 4.37. The van der Waals surface area contributed by atoms with Crippen LogP contribution in [0, 0.1) is 25.6 Å². The van der Waals surface area contributed by atoms with Gasteiger partial charge in [0.1, 0.15) is 5.82 Å². The van der Waals surface area contributed by atoms with Crippen molar-refractivity contribution in [3.63, 3.8) is 0 Å². The molecule has 120 valence electrons. The van der Waals surface area contributed by atoms with Gasteiger partial charge in [-0.05, 0) is 49.4 Å². The fraction of sp³-hybridized carbons (Fsp3) is 0.333. The van der Waals surface area contributed by atoms with Gasteiger partial charge in [-0.15, -0.1) is 0 Å². The number of hydrogen-bond donors (Lipinski definition) is 2. The summed E-state index contributed by atoms with van der Waals surface area (Å²) < 4.78 is 13.7. The van der Waals surface area contributed by atoms with Gasteiger partial charge in [0.2, 0.25) is 5.91 Å². The number of nitrogens with one attached hydrogen (secondary N) is 2. The summed E-state index contributed by atoms with van der Waals surface area (Å²) >= 11 is 0. The topological polar surface area (TPSA) is 62.0 Å². The molecule has 0 aliphatic heterocycles. The van der Waals surface area contributed by atoms with Crippen LogP contribution >= 0.6 is 0 Å². The van der Waals surface area contributed by atoms with Crippen molar-refractivity contribution in [1.29, 1.82) is 0 Å². The van der Waals surface area contributed by atoms with Crippen LogP contribution in [0.4, 0.5) is 4.39 Å². The molecule has 1 aliphatic carbocycles. The van der Waals surface area contributed by atoms with Crippen molar-refractivity contribution in [3.8, 4) is 0 Å². The minimum absolute atomic E-state index is 0.0615. The highest BCUT2D eigenvalue weighted by molar-refractivity contribution is 5.82. The Bertz CT molecular complexity index is 813. The highest BCUT2D eigenvalue weighted by Crippen LogP contribution is 2.48. The Balaban J connectivity index is 1.64. The summed E-state index contributed by atoms with van der Waals surface area (Å²) in [5.41, 5.74) is 2.63. The standard InChI is InChI=1S/C18H19FN2O2/c1-10-7-11(2)21-18(23)15(10)9-20-17(22)14-8-13(14)12-5-3-4-6-16(12)19/h3-7,13-14H,8-9H2,1-2H3,(H,20,22)(H,21,23)/t13-,14-/m1/s1. The minimum atomic E-state index is -0.265. The van der Waals surface area contributed by atoms with Gasteiger partial charge in [-0.2, -0.15) is 0 Å². The molecule has 1 saturated carbocycles. The van der Waals surface area contributed by atoms with E-state index in [1.807, 2.05) is 19.9 Å². The van der Waals surface area contributed by atoms with E-state index in [9.17, 15) is 14.0 Å². The van der Waals surface area contributed by atoms with Crippen LogP contribution < -0.4 is 10.9 Å². The van der Waals surface area contributed by atoms with Gasteiger partial charge in [0.15, 0.2) is 0 Å². The number of pyridine rings is 1. The monoisotopic (exact) mass is 314 g/mol.